The van der Waals surface area contributed by atoms with E-state index in [1.165, 1.54) is 19.2 Å². The normalized spacial score (nSPS) is 11.5. The Bertz CT molecular complexity index is 927. The lowest BCUT2D eigenvalue weighted by Gasteiger charge is -2.18. The summed E-state index contributed by atoms with van der Waals surface area (Å²) in [5, 5.41) is 5.43. The molecule has 0 aliphatic heterocycles. The van der Waals surface area contributed by atoms with Crippen LogP contribution in [0.15, 0.2) is 59.5 Å². The van der Waals surface area contributed by atoms with Gasteiger partial charge in [-0.25, -0.2) is 8.42 Å². The van der Waals surface area contributed by atoms with Gasteiger partial charge in [-0.1, -0.05) is 44.2 Å². The number of nitrogens with one attached hydrogen (secondary N) is 2. The highest BCUT2D eigenvalue weighted by Crippen LogP contribution is 2.16. The zero-order valence-electron chi connectivity index (χ0n) is 16.2. The predicted molar refractivity (Wildman–Crippen MR) is 109 cm³/mol. The van der Waals surface area contributed by atoms with E-state index in [1.54, 1.807) is 42.5 Å². The molecule has 0 aromatic heterocycles. The number of benzene rings is 2. The van der Waals surface area contributed by atoms with Gasteiger partial charge in [0.25, 0.3) is 5.91 Å². The summed E-state index contributed by atoms with van der Waals surface area (Å²) in [6.45, 7) is 4.10. The number of hydrogen-bond acceptors (Lipinski definition) is 4. The lowest BCUT2D eigenvalue weighted by molar-refractivity contribution is -0.116. The molecule has 2 N–H and O–H groups in total. The molecule has 2 aromatic rings. The Kier molecular flexibility index (Phi) is 7.31. The molecular weight excluding hydrogens is 378 g/mol. The molecule has 0 aliphatic carbocycles. The lowest BCUT2D eigenvalue weighted by Crippen LogP contribution is -2.35. The average molecular weight is 404 g/mol. The first-order valence-corrected chi connectivity index (χ1v) is 10.3. The number of carbonyl (C=O) groups is 2. The van der Waals surface area contributed by atoms with Crippen LogP contribution in [0.25, 0.3) is 0 Å². The van der Waals surface area contributed by atoms with Gasteiger partial charge in [0.05, 0.1) is 22.7 Å². The van der Waals surface area contributed by atoms with Crippen LogP contribution >= 0.6 is 0 Å². The highest BCUT2D eigenvalue weighted by Gasteiger charge is 2.23. The maximum atomic E-state index is 12.5. The zero-order chi connectivity index (χ0) is 20.7. The third-order valence-corrected chi connectivity index (χ3v) is 5.75. The van der Waals surface area contributed by atoms with E-state index in [0.717, 1.165) is 4.31 Å². The molecule has 7 nitrogen and oxygen atoms in total. The van der Waals surface area contributed by atoms with Gasteiger partial charge in [-0.3, -0.25) is 9.59 Å². The standard InChI is InChI=1S/C20H25N3O4S/c1-15(2)13-21-20(25)17-11-7-8-12-18(17)22-19(24)14-23(3)28(26,27)16-9-5-4-6-10-16/h4-12,15H,13-14H2,1-3H3,(H,21,25)(H,22,24). The Balaban J connectivity index is 2.08. The highest BCUT2D eigenvalue weighted by molar-refractivity contribution is 7.89. The van der Waals surface area contributed by atoms with Gasteiger partial charge in [-0.2, -0.15) is 4.31 Å². The van der Waals surface area contributed by atoms with Gasteiger partial charge in [-0.15, -0.1) is 0 Å². The number of para-hydroxylation sites is 1. The lowest BCUT2D eigenvalue weighted by atomic mass is 10.1. The Morgan fingerprint density at radius 2 is 1.61 bits per heavy atom. The number of nitrogens with zero attached hydrogens (tertiary/aromatic N) is 1. The van der Waals surface area contributed by atoms with Gasteiger partial charge in [0.15, 0.2) is 0 Å². The summed E-state index contributed by atoms with van der Waals surface area (Å²) in [5.41, 5.74) is 0.657. The van der Waals surface area contributed by atoms with Crippen molar-refractivity contribution in [1.82, 2.24) is 9.62 Å². The summed E-state index contributed by atoms with van der Waals surface area (Å²) < 4.78 is 26.0. The van der Waals surface area contributed by atoms with E-state index in [1.807, 2.05) is 13.8 Å². The molecular formula is C20H25N3O4S. The van der Waals surface area contributed by atoms with Gasteiger partial charge in [0.1, 0.15) is 0 Å². The number of hydrogen-bond donors (Lipinski definition) is 2. The number of amides is 2. The second-order valence-electron chi connectivity index (χ2n) is 6.77. The first-order valence-electron chi connectivity index (χ1n) is 8.90. The van der Waals surface area contributed by atoms with Gasteiger partial charge in [0, 0.05) is 13.6 Å². The molecule has 0 fully saturated rings. The fourth-order valence-corrected chi connectivity index (χ4v) is 3.58. The number of rotatable bonds is 8. The minimum Gasteiger partial charge on any atom is -0.352 e. The van der Waals surface area contributed by atoms with E-state index in [9.17, 15) is 18.0 Å². The molecule has 2 aromatic carbocycles. The minimum atomic E-state index is -3.78. The Hall–Kier alpha value is -2.71. The first-order chi connectivity index (χ1) is 13.2. The maximum absolute atomic E-state index is 12.5. The van der Waals surface area contributed by atoms with Crippen molar-refractivity contribution >= 4 is 27.5 Å². The molecule has 150 valence electrons. The van der Waals surface area contributed by atoms with Crippen LogP contribution < -0.4 is 10.6 Å². The van der Waals surface area contributed by atoms with Gasteiger partial charge in [0.2, 0.25) is 15.9 Å². The Labute approximate surface area is 165 Å². The molecule has 0 saturated carbocycles. The van der Waals surface area contributed by atoms with Crippen molar-refractivity contribution in [2.75, 3.05) is 25.5 Å². The topological polar surface area (TPSA) is 95.6 Å². The summed E-state index contributed by atoms with van der Waals surface area (Å²) in [4.78, 5) is 24.9. The van der Waals surface area contributed by atoms with E-state index in [2.05, 4.69) is 10.6 Å². The summed E-state index contributed by atoms with van der Waals surface area (Å²) in [5.74, 6) is -0.538. The summed E-state index contributed by atoms with van der Waals surface area (Å²) in [6, 6.07) is 14.5. The summed E-state index contributed by atoms with van der Waals surface area (Å²) in [7, 11) is -2.44. The molecule has 0 saturated heterocycles. The Morgan fingerprint density at radius 3 is 2.25 bits per heavy atom. The van der Waals surface area contributed by atoms with Crippen LogP contribution in [0.3, 0.4) is 0 Å². The minimum absolute atomic E-state index is 0.110. The number of anilines is 1. The molecule has 0 spiro atoms. The second-order valence-corrected chi connectivity index (χ2v) is 8.82. The Morgan fingerprint density at radius 1 is 1.00 bits per heavy atom. The van der Waals surface area contributed by atoms with Gasteiger partial charge < -0.3 is 10.6 Å². The zero-order valence-corrected chi connectivity index (χ0v) is 17.0. The molecule has 2 rings (SSSR count). The molecule has 0 unspecified atom stereocenters. The fraction of sp³-hybridized carbons (Fsp3) is 0.300. The van der Waals surface area contributed by atoms with Crippen molar-refractivity contribution in [3.63, 3.8) is 0 Å². The number of likely N-dealkylation sites (N-methyl/N-ethyl adjacent to an activating group) is 1. The molecule has 2 amide bonds. The van der Waals surface area contributed by atoms with Crippen LogP contribution in [-0.2, 0) is 14.8 Å². The first kappa shape index (κ1) is 21.6. The van der Waals surface area contributed by atoms with Crippen LogP contribution in [0, 0.1) is 5.92 Å². The molecule has 8 heteroatoms. The molecule has 0 aliphatic rings. The van der Waals surface area contributed by atoms with Crippen LogP contribution in [0.2, 0.25) is 0 Å². The molecule has 0 heterocycles. The molecule has 28 heavy (non-hydrogen) atoms. The van der Waals surface area contributed by atoms with Gasteiger partial charge in [-0.05, 0) is 30.2 Å². The third kappa shape index (κ3) is 5.64. The van der Waals surface area contributed by atoms with Crippen molar-refractivity contribution in [2.24, 2.45) is 5.92 Å². The van der Waals surface area contributed by atoms with Crippen molar-refractivity contribution in [3.8, 4) is 0 Å². The smallest absolute Gasteiger partial charge is 0.253 e. The van der Waals surface area contributed by atoms with Crippen LogP contribution in [0.1, 0.15) is 24.2 Å². The van der Waals surface area contributed by atoms with E-state index in [0.29, 0.717) is 23.7 Å². The summed E-state index contributed by atoms with van der Waals surface area (Å²) >= 11 is 0. The quantitative estimate of drug-likeness (QED) is 0.707. The monoisotopic (exact) mass is 403 g/mol. The maximum Gasteiger partial charge on any atom is 0.253 e. The van der Waals surface area contributed by atoms with Crippen LogP contribution in [-0.4, -0.2) is 44.7 Å². The molecule has 0 bridgehead atoms. The number of sulfonamides is 1. The van der Waals surface area contributed by atoms with E-state index in [4.69, 9.17) is 0 Å². The number of carbonyl (C=O) groups excluding carboxylic acids is 2. The fourth-order valence-electron chi connectivity index (χ4n) is 2.43. The van der Waals surface area contributed by atoms with Crippen LogP contribution in [0.4, 0.5) is 5.69 Å². The van der Waals surface area contributed by atoms with Crippen molar-refractivity contribution in [1.29, 1.82) is 0 Å². The highest BCUT2D eigenvalue weighted by atomic mass is 32.2. The average Bonchev–Trinajstić information content (AvgIpc) is 2.67. The van der Waals surface area contributed by atoms with E-state index >= 15 is 0 Å². The predicted octanol–water partition coefficient (Wildman–Crippen LogP) is 2.33. The van der Waals surface area contributed by atoms with Crippen molar-refractivity contribution in [2.45, 2.75) is 18.7 Å². The van der Waals surface area contributed by atoms with E-state index in [-0.39, 0.29) is 17.3 Å². The van der Waals surface area contributed by atoms with Gasteiger partial charge >= 0.3 is 0 Å². The van der Waals surface area contributed by atoms with Crippen LogP contribution in [0.5, 0.6) is 0 Å². The molecule has 0 radical (unpaired) electrons. The SMILES string of the molecule is CC(C)CNC(=O)c1ccccc1NC(=O)CN(C)S(=O)(=O)c1ccccc1. The largest absolute Gasteiger partial charge is 0.352 e. The third-order valence-electron chi connectivity index (χ3n) is 3.93. The van der Waals surface area contributed by atoms with Crippen molar-refractivity contribution in [3.05, 3.63) is 60.2 Å². The summed E-state index contributed by atoms with van der Waals surface area (Å²) in [6.07, 6.45) is 0. The molecule has 0 atom stereocenters. The van der Waals surface area contributed by atoms with Crippen molar-refractivity contribution < 1.29 is 18.0 Å². The van der Waals surface area contributed by atoms with E-state index < -0.39 is 15.9 Å². The second kappa shape index (κ2) is 9.48.